The summed E-state index contributed by atoms with van der Waals surface area (Å²) in [6.45, 7) is 3.43. The van der Waals surface area contributed by atoms with Gasteiger partial charge in [-0.05, 0) is 24.3 Å². The third kappa shape index (κ3) is 3.01. The molecule has 0 amide bonds. The number of ether oxygens (including phenoxy) is 1. The van der Waals surface area contributed by atoms with Gasteiger partial charge in [-0.15, -0.1) is 0 Å². The Morgan fingerprint density at radius 3 is 1.96 bits per heavy atom. The van der Waals surface area contributed by atoms with Crippen LogP contribution in [0.4, 0.5) is 26.3 Å². The summed E-state index contributed by atoms with van der Waals surface area (Å²) in [5.74, 6) is -13.2. The fraction of sp³-hybridized carbons (Fsp3) is 0.438. The van der Waals surface area contributed by atoms with Gasteiger partial charge in [-0.25, -0.2) is 26.3 Å². The van der Waals surface area contributed by atoms with Crippen LogP contribution in [-0.2, 0) is 16.1 Å². The molecule has 1 aromatic rings. The highest BCUT2D eigenvalue weighted by Gasteiger charge is 2.61. The number of halogens is 6. The van der Waals surface area contributed by atoms with Crippen molar-refractivity contribution >= 4 is 5.97 Å². The fourth-order valence-corrected chi connectivity index (χ4v) is 2.70. The second-order valence-electron chi connectivity index (χ2n) is 6.23. The Morgan fingerprint density at radius 2 is 1.50 bits per heavy atom. The van der Waals surface area contributed by atoms with E-state index in [0.717, 1.165) is 0 Å². The van der Waals surface area contributed by atoms with Crippen LogP contribution in [0.25, 0.3) is 0 Å². The summed E-state index contributed by atoms with van der Waals surface area (Å²) in [5, 5.41) is 0. The molecule has 0 spiro atoms. The Balaban J connectivity index is 2.16. The first-order valence-electron chi connectivity index (χ1n) is 7.01. The summed E-state index contributed by atoms with van der Waals surface area (Å²) in [6.07, 6.45) is 1.23. The third-order valence-electron chi connectivity index (χ3n) is 4.23. The maximum absolute atomic E-state index is 13.5. The molecule has 1 unspecified atom stereocenters. The van der Waals surface area contributed by atoms with Gasteiger partial charge in [0.1, 0.15) is 6.61 Å². The van der Waals surface area contributed by atoms with Gasteiger partial charge in [0.2, 0.25) is 5.82 Å². The number of benzene rings is 1. The number of esters is 1. The molecule has 1 fully saturated rings. The minimum atomic E-state index is -2.29. The number of rotatable bonds is 4. The van der Waals surface area contributed by atoms with E-state index in [1.54, 1.807) is 13.8 Å². The molecule has 1 saturated carbocycles. The Labute approximate surface area is 134 Å². The van der Waals surface area contributed by atoms with E-state index in [2.05, 4.69) is 4.74 Å². The van der Waals surface area contributed by atoms with Gasteiger partial charge in [-0.2, -0.15) is 0 Å². The van der Waals surface area contributed by atoms with Crippen molar-refractivity contribution in [1.82, 2.24) is 0 Å². The maximum Gasteiger partial charge on any atom is 0.310 e. The van der Waals surface area contributed by atoms with Crippen molar-refractivity contribution in [2.75, 3.05) is 0 Å². The van der Waals surface area contributed by atoms with Gasteiger partial charge < -0.3 is 4.74 Å². The zero-order valence-corrected chi connectivity index (χ0v) is 13.0. The number of carbonyl (C=O) groups is 1. The summed E-state index contributed by atoms with van der Waals surface area (Å²) < 4.78 is 83.7. The zero-order valence-electron chi connectivity index (χ0n) is 13.0. The van der Waals surface area contributed by atoms with Crippen molar-refractivity contribution in [3.8, 4) is 0 Å². The molecule has 0 bridgehead atoms. The van der Waals surface area contributed by atoms with Crippen LogP contribution in [0.15, 0.2) is 11.9 Å². The van der Waals surface area contributed by atoms with E-state index in [1.165, 1.54) is 13.0 Å². The lowest BCUT2D eigenvalue weighted by atomic mass is 10.1. The molecule has 132 valence electrons. The molecular formula is C16H14F6O2. The van der Waals surface area contributed by atoms with Crippen LogP contribution in [-0.4, -0.2) is 5.97 Å². The highest BCUT2D eigenvalue weighted by atomic mass is 19.2. The molecule has 0 heterocycles. The molecule has 1 aliphatic carbocycles. The van der Waals surface area contributed by atoms with Gasteiger partial charge in [0.15, 0.2) is 23.3 Å². The molecule has 0 aliphatic heterocycles. The van der Waals surface area contributed by atoms with Gasteiger partial charge >= 0.3 is 5.97 Å². The first-order valence-corrected chi connectivity index (χ1v) is 7.01. The average molecular weight is 352 g/mol. The Bertz CT molecular complexity index is 693. The van der Waals surface area contributed by atoms with Crippen LogP contribution >= 0.6 is 0 Å². The second-order valence-corrected chi connectivity index (χ2v) is 6.23. The van der Waals surface area contributed by atoms with Crippen LogP contribution in [0.5, 0.6) is 0 Å². The van der Waals surface area contributed by atoms with Gasteiger partial charge in [-0.3, -0.25) is 4.79 Å². The first kappa shape index (κ1) is 18.4. The molecule has 0 aromatic heterocycles. The molecule has 0 radical (unpaired) electrons. The highest BCUT2D eigenvalue weighted by molar-refractivity contribution is 5.78. The van der Waals surface area contributed by atoms with Crippen molar-refractivity contribution in [3.63, 3.8) is 0 Å². The van der Waals surface area contributed by atoms with E-state index >= 15 is 0 Å². The van der Waals surface area contributed by atoms with Gasteiger partial charge in [0.25, 0.3) is 0 Å². The SMILES string of the molecule is CC(F)=CC1[C@@H](C(=O)OCc2c(F)c(F)c(F)c(F)c2F)C1(C)C. The molecule has 1 aliphatic rings. The molecule has 0 N–H and O–H groups in total. The fourth-order valence-electron chi connectivity index (χ4n) is 2.70. The normalized spacial score (nSPS) is 22.5. The largest absolute Gasteiger partial charge is 0.460 e. The summed E-state index contributed by atoms with van der Waals surface area (Å²) in [7, 11) is 0. The topological polar surface area (TPSA) is 26.3 Å². The summed E-state index contributed by atoms with van der Waals surface area (Å²) >= 11 is 0. The molecule has 1 aromatic carbocycles. The Hall–Kier alpha value is -1.99. The number of allylic oxidation sites excluding steroid dienone is 2. The van der Waals surface area contributed by atoms with Crippen molar-refractivity contribution in [3.05, 3.63) is 46.6 Å². The molecule has 8 heteroatoms. The maximum atomic E-state index is 13.5. The standard InChI is InChI=1S/C16H14F6O2/c1-6(17)4-8-9(16(8,2)3)15(23)24-5-7-10(18)12(20)14(22)13(21)11(7)19/h4,8-9H,5H2,1-3H3/t8?,9-/m0/s1. The molecule has 2 nitrogen and oxygen atoms in total. The number of hydrogen-bond donors (Lipinski definition) is 0. The number of hydrogen-bond acceptors (Lipinski definition) is 2. The number of carbonyl (C=O) groups excluding carboxylic acids is 1. The van der Waals surface area contributed by atoms with E-state index in [1.807, 2.05) is 0 Å². The predicted octanol–water partition coefficient (Wildman–Crippen LogP) is 4.57. The highest BCUT2D eigenvalue weighted by Crippen LogP contribution is 2.59. The monoisotopic (exact) mass is 352 g/mol. The first-order chi connectivity index (χ1) is 11.0. The summed E-state index contributed by atoms with van der Waals surface area (Å²) in [4.78, 5) is 12.0. The van der Waals surface area contributed by atoms with Crippen LogP contribution in [0, 0.1) is 46.3 Å². The van der Waals surface area contributed by atoms with E-state index in [4.69, 9.17) is 0 Å². The third-order valence-corrected chi connectivity index (χ3v) is 4.23. The minimum absolute atomic E-state index is 0.466. The minimum Gasteiger partial charge on any atom is -0.460 e. The Morgan fingerprint density at radius 1 is 1.04 bits per heavy atom. The van der Waals surface area contributed by atoms with Crippen molar-refractivity contribution in [2.24, 2.45) is 17.3 Å². The van der Waals surface area contributed by atoms with Crippen LogP contribution in [0.1, 0.15) is 26.3 Å². The van der Waals surface area contributed by atoms with E-state index in [-0.39, 0.29) is 0 Å². The lowest BCUT2D eigenvalue weighted by molar-refractivity contribution is -0.147. The molecular weight excluding hydrogens is 338 g/mol. The molecule has 2 rings (SSSR count). The van der Waals surface area contributed by atoms with Crippen molar-refractivity contribution < 1.29 is 35.9 Å². The second kappa shape index (κ2) is 6.14. The average Bonchev–Trinajstić information content (AvgIpc) is 3.02. The zero-order chi connectivity index (χ0) is 18.4. The van der Waals surface area contributed by atoms with E-state index in [9.17, 15) is 31.1 Å². The molecule has 0 saturated heterocycles. The predicted molar refractivity (Wildman–Crippen MR) is 71.7 cm³/mol. The van der Waals surface area contributed by atoms with Gasteiger partial charge in [-0.1, -0.05) is 13.8 Å². The lowest BCUT2D eigenvalue weighted by Gasteiger charge is -2.09. The summed E-state index contributed by atoms with van der Waals surface area (Å²) in [5.41, 5.74) is -1.85. The molecule has 2 atom stereocenters. The van der Waals surface area contributed by atoms with Gasteiger partial charge in [0.05, 0.1) is 17.3 Å². The van der Waals surface area contributed by atoms with Crippen molar-refractivity contribution in [1.29, 1.82) is 0 Å². The molecule has 24 heavy (non-hydrogen) atoms. The Kier molecular flexibility index (Phi) is 4.70. The quantitative estimate of drug-likeness (QED) is 0.343. The lowest BCUT2D eigenvalue weighted by Crippen LogP contribution is -2.14. The van der Waals surface area contributed by atoms with Crippen LogP contribution in [0.2, 0.25) is 0 Å². The van der Waals surface area contributed by atoms with E-state index in [0.29, 0.717) is 0 Å². The summed E-state index contributed by atoms with van der Waals surface area (Å²) in [6, 6.07) is 0. The van der Waals surface area contributed by atoms with Crippen molar-refractivity contribution in [2.45, 2.75) is 27.4 Å². The van der Waals surface area contributed by atoms with Crippen LogP contribution in [0.3, 0.4) is 0 Å². The smallest absolute Gasteiger partial charge is 0.310 e. The van der Waals surface area contributed by atoms with E-state index < -0.39 is 70.3 Å². The van der Waals surface area contributed by atoms with Gasteiger partial charge in [0, 0.05) is 0 Å². The van der Waals surface area contributed by atoms with Crippen LogP contribution < -0.4 is 0 Å².